The lowest BCUT2D eigenvalue weighted by Crippen LogP contribution is -2.15. The smallest absolute Gasteiger partial charge is 0.277 e. The summed E-state index contributed by atoms with van der Waals surface area (Å²) in [5.74, 6) is 0.185. The molecule has 160 valence electrons. The van der Waals surface area contributed by atoms with E-state index in [-0.39, 0.29) is 12.3 Å². The number of carbonyl (C=O) groups excluding carboxylic acids is 1. The zero-order valence-electron chi connectivity index (χ0n) is 16.7. The topological polar surface area (TPSA) is 130 Å². The normalized spacial score (nSPS) is 12.1. The lowest BCUT2D eigenvalue weighted by molar-refractivity contribution is 0.101. The number of aromatic amines is 1. The maximum absolute atomic E-state index is 13.0. The number of rotatable bonds is 9. The Kier molecular flexibility index (Phi) is 8.12. The molecule has 3 rings (SSSR count). The quantitative estimate of drug-likeness (QED) is 0.313. The Bertz CT molecular complexity index is 1120. The number of aliphatic hydroxyl groups is 1. The molecule has 0 aliphatic rings. The molecule has 3 aromatic heterocycles. The molecule has 3 N–H and O–H groups in total. The van der Waals surface area contributed by atoms with Crippen LogP contribution in [-0.4, -0.2) is 47.1 Å². The van der Waals surface area contributed by atoms with Crippen LogP contribution >= 0.6 is 35.1 Å². The van der Waals surface area contributed by atoms with Gasteiger partial charge in [-0.05, 0) is 49.4 Å². The second-order valence-electron chi connectivity index (χ2n) is 6.04. The van der Waals surface area contributed by atoms with Crippen molar-refractivity contribution in [2.45, 2.75) is 28.9 Å². The van der Waals surface area contributed by atoms with Crippen molar-refractivity contribution in [3.8, 4) is 0 Å². The van der Waals surface area contributed by atoms with Gasteiger partial charge in [0.25, 0.3) is 5.91 Å². The fraction of sp³-hybridized carbons (Fsp3) is 0.158. The van der Waals surface area contributed by atoms with Gasteiger partial charge in [0, 0.05) is 21.3 Å². The van der Waals surface area contributed by atoms with Gasteiger partial charge in [-0.2, -0.15) is 9.47 Å². The number of H-pyrrole nitrogens is 1. The second kappa shape index (κ2) is 11.0. The predicted molar refractivity (Wildman–Crippen MR) is 122 cm³/mol. The highest BCUT2D eigenvalue weighted by Crippen LogP contribution is 2.33. The molecule has 3 aromatic rings. The second-order valence-corrected chi connectivity index (χ2v) is 8.91. The van der Waals surface area contributed by atoms with Gasteiger partial charge in [-0.25, -0.2) is 15.0 Å². The van der Waals surface area contributed by atoms with Crippen molar-refractivity contribution in [2.75, 3.05) is 11.9 Å². The van der Waals surface area contributed by atoms with Crippen molar-refractivity contribution in [1.82, 2.24) is 29.5 Å². The zero-order valence-corrected chi connectivity index (χ0v) is 19.1. The van der Waals surface area contributed by atoms with Crippen LogP contribution in [0.1, 0.15) is 23.2 Å². The summed E-state index contributed by atoms with van der Waals surface area (Å²) in [5, 5.41) is 20.1. The Morgan fingerprint density at radius 1 is 1.35 bits per heavy atom. The summed E-state index contributed by atoms with van der Waals surface area (Å²) >= 11 is 3.71. The zero-order chi connectivity index (χ0) is 22.2. The summed E-state index contributed by atoms with van der Waals surface area (Å²) in [6, 6.07) is 3.62. The number of pyridine rings is 1. The van der Waals surface area contributed by atoms with Crippen LogP contribution in [0.25, 0.3) is 0 Å². The molecule has 0 saturated heterocycles. The van der Waals surface area contributed by atoms with E-state index in [1.807, 2.05) is 19.1 Å². The predicted octanol–water partition coefficient (Wildman–Crippen LogP) is 3.86. The van der Waals surface area contributed by atoms with E-state index in [1.165, 1.54) is 29.9 Å². The van der Waals surface area contributed by atoms with E-state index in [0.29, 0.717) is 26.0 Å². The van der Waals surface area contributed by atoms with Gasteiger partial charge in [0.2, 0.25) is 5.13 Å². The highest BCUT2D eigenvalue weighted by molar-refractivity contribution is 8.03. The summed E-state index contributed by atoms with van der Waals surface area (Å²) in [6.07, 6.45) is 6.71. The lowest BCUT2D eigenvalue weighted by atomic mass is 10.3. The van der Waals surface area contributed by atoms with Crippen LogP contribution in [-0.2, 0) is 0 Å². The number of aromatic nitrogens is 6. The van der Waals surface area contributed by atoms with Gasteiger partial charge in [0.1, 0.15) is 22.9 Å². The van der Waals surface area contributed by atoms with Crippen LogP contribution in [0.4, 0.5) is 5.13 Å². The SMILES string of the molecule is C=C/C(=C\C=C(/C)CO)Sc1ccc(Sc2ncn[nH]2)nc1C(=O)Nc1nc(C)ns1. The molecule has 0 radical (unpaired) electrons. The number of allylic oxidation sites excluding steroid dienone is 3. The lowest BCUT2D eigenvalue weighted by Gasteiger charge is -2.10. The molecular weight excluding hydrogens is 454 g/mol. The standard InChI is InChI=1S/C19H19N7O2S3/c1-4-13(6-5-11(2)9-27)29-14-7-8-15(30-18-20-10-21-25-18)23-16(14)17(28)24-19-22-12(3)26-31-19/h4-8,10,27H,1,9H2,2-3H3,(H,20,21,25)(H,22,24,26,28)/b11-5+,13-6+. The van der Waals surface area contributed by atoms with Gasteiger partial charge in [-0.1, -0.05) is 30.5 Å². The Morgan fingerprint density at radius 2 is 2.19 bits per heavy atom. The number of aliphatic hydroxyl groups excluding tert-OH is 1. The fourth-order valence-corrected chi connectivity index (χ4v) is 4.21. The van der Waals surface area contributed by atoms with Crippen LogP contribution in [0, 0.1) is 6.92 Å². The van der Waals surface area contributed by atoms with Crippen LogP contribution in [0.2, 0.25) is 0 Å². The highest BCUT2D eigenvalue weighted by Gasteiger charge is 2.18. The van der Waals surface area contributed by atoms with Crippen molar-refractivity contribution in [1.29, 1.82) is 0 Å². The number of hydrogen-bond donors (Lipinski definition) is 3. The summed E-state index contributed by atoms with van der Waals surface area (Å²) in [4.78, 5) is 27.2. The van der Waals surface area contributed by atoms with Crippen LogP contribution in [0.15, 0.2) is 68.8 Å². The molecule has 0 aliphatic heterocycles. The number of hydrogen-bond acceptors (Lipinski definition) is 10. The first-order valence-corrected chi connectivity index (χ1v) is 11.3. The minimum Gasteiger partial charge on any atom is -0.392 e. The first-order chi connectivity index (χ1) is 15.0. The van der Waals surface area contributed by atoms with Gasteiger partial charge in [-0.15, -0.1) is 0 Å². The van der Waals surface area contributed by atoms with Crippen LogP contribution in [0.5, 0.6) is 0 Å². The minimum atomic E-state index is -0.399. The van der Waals surface area contributed by atoms with E-state index >= 15 is 0 Å². The first kappa shape index (κ1) is 22.9. The van der Waals surface area contributed by atoms with E-state index in [2.05, 4.69) is 41.4 Å². The Labute approximate surface area is 191 Å². The van der Waals surface area contributed by atoms with Crippen LogP contribution in [0.3, 0.4) is 0 Å². The molecular formula is C19H19N7O2S3. The Balaban J connectivity index is 1.92. The number of nitrogens with one attached hydrogen (secondary N) is 2. The third kappa shape index (κ3) is 6.59. The van der Waals surface area contributed by atoms with Gasteiger partial charge in [0.15, 0.2) is 5.16 Å². The summed E-state index contributed by atoms with van der Waals surface area (Å²) < 4.78 is 4.08. The van der Waals surface area contributed by atoms with Crippen molar-refractivity contribution in [3.05, 3.63) is 65.3 Å². The maximum Gasteiger partial charge on any atom is 0.277 e. The molecule has 3 heterocycles. The molecule has 0 atom stereocenters. The third-order valence-corrected chi connectivity index (χ3v) is 6.24. The number of aryl methyl sites for hydroxylation is 1. The van der Waals surface area contributed by atoms with Crippen molar-refractivity contribution in [2.24, 2.45) is 0 Å². The largest absolute Gasteiger partial charge is 0.392 e. The van der Waals surface area contributed by atoms with Gasteiger partial charge >= 0.3 is 0 Å². The third-order valence-electron chi connectivity index (χ3n) is 3.60. The van der Waals surface area contributed by atoms with Crippen molar-refractivity contribution >= 4 is 46.1 Å². The van der Waals surface area contributed by atoms with E-state index < -0.39 is 5.91 Å². The number of nitrogens with zero attached hydrogens (tertiary/aromatic N) is 5. The van der Waals surface area contributed by atoms with Crippen molar-refractivity contribution < 1.29 is 9.90 Å². The molecule has 0 unspecified atom stereocenters. The molecule has 1 amide bonds. The molecule has 31 heavy (non-hydrogen) atoms. The van der Waals surface area contributed by atoms with E-state index in [1.54, 1.807) is 25.1 Å². The Hall–Kier alpha value is -2.80. The molecule has 0 saturated carbocycles. The van der Waals surface area contributed by atoms with Gasteiger partial charge in [-0.3, -0.25) is 15.2 Å². The molecule has 12 heteroatoms. The van der Waals surface area contributed by atoms with Gasteiger partial charge < -0.3 is 5.11 Å². The number of anilines is 1. The van der Waals surface area contributed by atoms with Crippen molar-refractivity contribution in [3.63, 3.8) is 0 Å². The molecule has 0 bridgehead atoms. The average molecular weight is 474 g/mol. The molecule has 0 fully saturated rings. The number of carbonyl (C=O) groups is 1. The van der Waals surface area contributed by atoms with E-state index in [9.17, 15) is 9.90 Å². The molecule has 0 aliphatic carbocycles. The van der Waals surface area contributed by atoms with E-state index in [0.717, 1.165) is 22.0 Å². The average Bonchev–Trinajstić information content (AvgIpc) is 3.43. The summed E-state index contributed by atoms with van der Waals surface area (Å²) in [7, 11) is 0. The van der Waals surface area contributed by atoms with Crippen LogP contribution < -0.4 is 5.32 Å². The number of amides is 1. The summed E-state index contributed by atoms with van der Waals surface area (Å²) in [5.41, 5.74) is 1.04. The van der Waals surface area contributed by atoms with E-state index in [4.69, 9.17) is 0 Å². The molecule has 9 nitrogen and oxygen atoms in total. The molecule has 0 aromatic carbocycles. The fourth-order valence-electron chi connectivity index (χ4n) is 2.12. The monoisotopic (exact) mass is 473 g/mol. The highest BCUT2D eigenvalue weighted by atomic mass is 32.2. The Morgan fingerprint density at radius 3 is 2.84 bits per heavy atom. The summed E-state index contributed by atoms with van der Waals surface area (Å²) in [6.45, 7) is 7.37. The maximum atomic E-state index is 13.0. The van der Waals surface area contributed by atoms with Gasteiger partial charge in [0.05, 0.1) is 6.61 Å². The first-order valence-electron chi connectivity index (χ1n) is 8.93. The molecule has 0 spiro atoms. The number of thioether (sulfide) groups is 1. The minimum absolute atomic E-state index is 0.0321.